The molecule has 34 heavy (non-hydrogen) atoms. The molecule has 0 saturated carbocycles. The van der Waals surface area contributed by atoms with Gasteiger partial charge in [-0.25, -0.2) is 15.1 Å². The van der Waals surface area contributed by atoms with Crippen molar-refractivity contribution in [3.63, 3.8) is 0 Å². The Morgan fingerprint density at radius 3 is 2.56 bits per heavy atom. The number of amides is 3. The number of hydroxylamine groups is 1. The summed E-state index contributed by atoms with van der Waals surface area (Å²) < 4.78 is 1.96. The van der Waals surface area contributed by atoms with Gasteiger partial charge >= 0.3 is 0 Å². The van der Waals surface area contributed by atoms with Crippen molar-refractivity contribution in [1.82, 2.24) is 25.6 Å². The average molecular weight is 635 g/mol. The molecule has 2 heterocycles. The highest BCUT2D eigenvalue weighted by Crippen LogP contribution is 2.32. The lowest BCUT2D eigenvalue weighted by molar-refractivity contribution is -0.134. The second-order valence-corrected chi connectivity index (χ2v) is 9.15. The molecule has 0 fully saturated rings. The molecule has 0 saturated heterocycles. The number of hydrogen-bond acceptors (Lipinski definition) is 6. The van der Waals surface area contributed by atoms with Crippen LogP contribution < -0.4 is 16.1 Å². The van der Waals surface area contributed by atoms with Gasteiger partial charge in [0.15, 0.2) is 11.9 Å². The fourth-order valence-electron chi connectivity index (χ4n) is 2.72. The maximum atomic E-state index is 13.2. The number of anilines is 1. The van der Waals surface area contributed by atoms with E-state index in [4.69, 9.17) is 28.0 Å². The molecule has 10 nitrogen and oxygen atoms in total. The number of carbonyl (C=O) groups excluding carboxylic acids is 3. The van der Waals surface area contributed by atoms with Gasteiger partial charge in [0.2, 0.25) is 0 Å². The molecule has 178 valence electrons. The Morgan fingerprint density at radius 2 is 1.88 bits per heavy atom. The number of nitrogens with zero attached hydrogens (tertiary/aromatic N) is 3. The van der Waals surface area contributed by atoms with Crippen LogP contribution in [0.2, 0.25) is 10.0 Å². The molecule has 0 radical (unpaired) electrons. The van der Waals surface area contributed by atoms with E-state index in [0.717, 1.165) is 0 Å². The van der Waals surface area contributed by atoms with E-state index in [2.05, 4.69) is 58.1 Å². The smallest absolute Gasteiger partial charge is 0.277 e. The van der Waals surface area contributed by atoms with Gasteiger partial charge in [-0.1, -0.05) is 23.2 Å². The molecule has 3 amide bonds. The van der Waals surface area contributed by atoms with Crippen molar-refractivity contribution in [2.24, 2.45) is 0 Å². The lowest BCUT2D eigenvalue weighted by atomic mass is 10.1. The molecule has 0 spiro atoms. The lowest BCUT2D eigenvalue weighted by Gasteiger charge is -2.16. The van der Waals surface area contributed by atoms with E-state index in [0.29, 0.717) is 9.08 Å². The van der Waals surface area contributed by atoms with Crippen LogP contribution in [0.3, 0.4) is 0 Å². The first-order valence-corrected chi connectivity index (χ1v) is 11.8. The number of halogens is 4. The number of likely N-dealkylation sites (N-methyl/N-ethyl adjacent to an activating group) is 1. The van der Waals surface area contributed by atoms with Gasteiger partial charge in [-0.3, -0.25) is 19.2 Å². The number of nitrogens with one attached hydrogen (secondary N) is 3. The third kappa shape index (κ3) is 5.94. The van der Waals surface area contributed by atoms with E-state index < -0.39 is 23.8 Å². The third-order valence-corrected chi connectivity index (χ3v) is 5.86. The molecule has 0 aliphatic carbocycles. The number of pyridine rings is 1. The van der Waals surface area contributed by atoms with Gasteiger partial charge < -0.3 is 10.6 Å². The Bertz CT molecular complexity index is 1270. The Hall–Kier alpha value is -2.51. The number of benzene rings is 1. The second-order valence-electron chi connectivity index (χ2n) is 6.64. The van der Waals surface area contributed by atoms with Crippen molar-refractivity contribution in [1.29, 1.82) is 0 Å². The lowest BCUT2D eigenvalue weighted by Crippen LogP contribution is -2.38. The van der Waals surface area contributed by atoms with Crippen LogP contribution in [0.5, 0.6) is 0 Å². The SMILES string of the molecule is CNC(=O)C(C)ONC(=O)c1cc(Cl)cc(Br)c1NC(=O)c1cc(Br)nn1-c1ncccc1Cl. The molecule has 1 atom stereocenters. The molecule has 0 bridgehead atoms. The van der Waals surface area contributed by atoms with E-state index in [1.54, 1.807) is 12.1 Å². The Kier molecular flexibility index (Phi) is 8.66. The van der Waals surface area contributed by atoms with Crippen molar-refractivity contribution in [2.75, 3.05) is 12.4 Å². The summed E-state index contributed by atoms with van der Waals surface area (Å²) in [5, 5.41) is 9.81. The molecule has 0 aliphatic rings. The molecule has 0 aliphatic heterocycles. The Balaban J connectivity index is 1.92. The zero-order valence-electron chi connectivity index (χ0n) is 17.5. The van der Waals surface area contributed by atoms with Crippen LogP contribution in [-0.2, 0) is 9.63 Å². The zero-order valence-corrected chi connectivity index (χ0v) is 22.2. The van der Waals surface area contributed by atoms with Crippen molar-refractivity contribution in [3.8, 4) is 5.82 Å². The summed E-state index contributed by atoms with van der Waals surface area (Å²) >= 11 is 18.9. The molecular formula is C20H16Br2Cl2N6O4. The minimum atomic E-state index is -0.954. The average Bonchev–Trinajstić information content (AvgIpc) is 3.19. The first-order chi connectivity index (χ1) is 16.1. The topological polar surface area (TPSA) is 127 Å². The molecule has 3 N–H and O–H groups in total. The highest BCUT2D eigenvalue weighted by atomic mass is 79.9. The van der Waals surface area contributed by atoms with Crippen LogP contribution in [0.25, 0.3) is 5.82 Å². The van der Waals surface area contributed by atoms with Crippen LogP contribution >= 0.6 is 55.1 Å². The summed E-state index contributed by atoms with van der Waals surface area (Å²) in [6.07, 6.45) is 0.556. The van der Waals surface area contributed by atoms with Gasteiger partial charge in [-0.15, -0.1) is 0 Å². The summed E-state index contributed by atoms with van der Waals surface area (Å²) in [6, 6.07) is 7.57. The highest BCUT2D eigenvalue weighted by Gasteiger charge is 2.23. The molecular weight excluding hydrogens is 619 g/mol. The minimum Gasteiger partial charge on any atom is -0.357 e. The monoisotopic (exact) mass is 632 g/mol. The van der Waals surface area contributed by atoms with Crippen LogP contribution in [0.4, 0.5) is 5.69 Å². The van der Waals surface area contributed by atoms with Crippen LogP contribution in [0.1, 0.15) is 27.8 Å². The normalized spacial score (nSPS) is 11.6. The largest absolute Gasteiger partial charge is 0.357 e. The molecule has 3 aromatic rings. The first kappa shape index (κ1) is 26.1. The minimum absolute atomic E-state index is 0.0159. The summed E-state index contributed by atoms with van der Waals surface area (Å²) in [5.41, 5.74) is 2.37. The van der Waals surface area contributed by atoms with E-state index in [9.17, 15) is 14.4 Å². The van der Waals surface area contributed by atoms with Gasteiger partial charge in [0.25, 0.3) is 17.7 Å². The fraction of sp³-hybridized carbons (Fsp3) is 0.150. The van der Waals surface area contributed by atoms with E-state index in [1.165, 1.54) is 43.0 Å². The number of rotatable bonds is 7. The quantitative estimate of drug-likeness (QED) is 0.335. The number of hydrogen-bond donors (Lipinski definition) is 3. The Labute approximate surface area is 220 Å². The van der Waals surface area contributed by atoms with Gasteiger partial charge in [0, 0.05) is 28.8 Å². The molecule has 14 heteroatoms. The van der Waals surface area contributed by atoms with E-state index in [-0.39, 0.29) is 32.8 Å². The maximum Gasteiger partial charge on any atom is 0.277 e. The van der Waals surface area contributed by atoms with Crippen molar-refractivity contribution in [3.05, 3.63) is 66.9 Å². The van der Waals surface area contributed by atoms with E-state index in [1.807, 2.05) is 0 Å². The first-order valence-electron chi connectivity index (χ1n) is 9.46. The third-order valence-electron chi connectivity index (χ3n) is 4.33. The maximum absolute atomic E-state index is 13.2. The van der Waals surface area contributed by atoms with Gasteiger partial charge in [-0.05, 0) is 63.0 Å². The highest BCUT2D eigenvalue weighted by molar-refractivity contribution is 9.10. The summed E-state index contributed by atoms with van der Waals surface area (Å²) in [4.78, 5) is 46.9. The molecule has 1 unspecified atom stereocenters. The second kappa shape index (κ2) is 11.3. The zero-order chi connectivity index (χ0) is 25.0. The van der Waals surface area contributed by atoms with Gasteiger partial charge in [0.1, 0.15) is 10.3 Å². The van der Waals surface area contributed by atoms with Crippen molar-refractivity contribution < 1.29 is 19.2 Å². The summed E-state index contributed by atoms with van der Waals surface area (Å²) in [5.74, 6) is -1.55. The standard InChI is InChI=1S/C20H16Br2Cl2N6O4/c1-9(18(31)25-2)34-29-19(32)11-6-10(23)7-12(21)16(11)27-20(33)14-8-15(22)28-30(14)17-13(24)4-3-5-26-17/h3-9H,1-2H3,(H,25,31)(H,27,33)(H,29,32). The predicted octanol–water partition coefficient (Wildman–Crippen LogP) is 4.15. The summed E-state index contributed by atoms with van der Waals surface area (Å²) in [7, 11) is 1.44. The number of carbonyl (C=O) groups is 3. The van der Waals surface area contributed by atoms with Crippen LogP contribution in [-0.4, -0.2) is 45.6 Å². The molecule has 3 rings (SSSR count). The van der Waals surface area contributed by atoms with E-state index >= 15 is 0 Å². The van der Waals surface area contributed by atoms with Gasteiger partial charge in [-0.2, -0.15) is 5.10 Å². The van der Waals surface area contributed by atoms with Crippen molar-refractivity contribution in [2.45, 2.75) is 13.0 Å². The predicted molar refractivity (Wildman–Crippen MR) is 133 cm³/mol. The molecule has 1 aromatic carbocycles. The van der Waals surface area contributed by atoms with Crippen LogP contribution in [0.15, 0.2) is 45.6 Å². The van der Waals surface area contributed by atoms with Crippen LogP contribution in [0, 0.1) is 0 Å². The van der Waals surface area contributed by atoms with Crippen molar-refractivity contribution >= 4 is 78.5 Å². The number of aromatic nitrogens is 3. The summed E-state index contributed by atoms with van der Waals surface area (Å²) in [6.45, 7) is 1.46. The van der Waals surface area contributed by atoms with Gasteiger partial charge in [0.05, 0.1) is 16.3 Å². The Morgan fingerprint density at radius 1 is 1.15 bits per heavy atom. The fourth-order valence-corrected chi connectivity index (χ4v) is 4.21. The molecule has 2 aromatic heterocycles.